The molecule has 2 amide bonds. The number of imide groups is 1. The zero-order valence-corrected chi connectivity index (χ0v) is 22.1. The maximum absolute atomic E-state index is 15.5. The summed E-state index contributed by atoms with van der Waals surface area (Å²) in [7, 11) is 0. The van der Waals surface area contributed by atoms with Crippen molar-refractivity contribution in [2.45, 2.75) is 57.0 Å². The van der Waals surface area contributed by atoms with Crippen molar-refractivity contribution in [3.8, 4) is 11.1 Å². The number of pyridine rings is 1. The molecule has 2 saturated heterocycles. The van der Waals surface area contributed by atoms with Gasteiger partial charge in [0, 0.05) is 48.9 Å². The minimum atomic E-state index is -0.485. The number of rotatable bonds is 5. The van der Waals surface area contributed by atoms with Crippen molar-refractivity contribution in [1.29, 1.82) is 0 Å². The van der Waals surface area contributed by atoms with E-state index in [1.54, 1.807) is 10.6 Å². The number of carbonyl (C=O) groups excluding carboxylic acids is 2. The number of halogens is 2. The average molecular weight is 543 g/mol. The molecule has 2 atom stereocenters. The van der Waals surface area contributed by atoms with E-state index in [4.69, 9.17) is 11.8 Å². The van der Waals surface area contributed by atoms with Crippen molar-refractivity contribution < 1.29 is 19.1 Å². The molecule has 2 aromatic heterocycles. The first-order chi connectivity index (χ1) is 17.8. The number of amides is 2. The smallest absolute Gasteiger partial charge is 0.230 e. The zero-order chi connectivity index (χ0) is 25.9. The first-order valence-electron chi connectivity index (χ1n) is 12.6. The highest BCUT2D eigenvalue weighted by Crippen LogP contribution is 2.46. The molecule has 2 fully saturated rings. The molecule has 1 aromatic carbocycles. The summed E-state index contributed by atoms with van der Waals surface area (Å²) in [5.41, 5.74) is 5.04. The standard InChI is InChI=1S/C27H28ClFN4O3S/c1-27(14-34)11-17(12-33(27)28)16-9-15-3-2-7-30-24(15)19(10-16)18-6-8-31-25-23(29)20(37-26(18)25)13-32-21(35)4-5-22(32)36/h6,8-10,17,30,34H,2-5,7,11-14H2,1H3/t17-,27-/m1/s1. The molecule has 0 bridgehead atoms. The topological polar surface area (TPSA) is 85.8 Å². The summed E-state index contributed by atoms with van der Waals surface area (Å²) in [6, 6.07) is 6.31. The number of benzene rings is 1. The molecule has 0 saturated carbocycles. The number of thiophene rings is 1. The van der Waals surface area contributed by atoms with Gasteiger partial charge in [0.25, 0.3) is 0 Å². The Balaban J connectivity index is 1.46. The number of carbonyl (C=O) groups is 2. The summed E-state index contributed by atoms with van der Waals surface area (Å²) in [5, 5.41) is 13.5. The van der Waals surface area contributed by atoms with Gasteiger partial charge in [0.15, 0.2) is 5.82 Å². The number of hydrogen-bond acceptors (Lipinski definition) is 7. The second-order valence-electron chi connectivity index (χ2n) is 10.5. The Labute approximate surface area is 223 Å². The Morgan fingerprint density at radius 2 is 2.03 bits per heavy atom. The Morgan fingerprint density at radius 3 is 2.76 bits per heavy atom. The van der Waals surface area contributed by atoms with Crippen LogP contribution in [0.2, 0.25) is 0 Å². The van der Waals surface area contributed by atoms with Gasteiger partial charge in [0.1, 0.15) is 5.52 Å². The number of anilines is 1. The quantitative estimate of drug-likeness (QED) is 0.356. The number of aryl methyl sites for hydroxylation is 1. The van der Waals surface area contributed by atoms with E-state index in [0.717, 1.165) is 53.1 Å². The minimum absolute atomic E-state index is 0.0173. The Kier molecular flexibility index (Phi) is 6.22. The number of likely N-dealkylation sites (tertiary alicyclic amines) is 1. The largest absolute Gasteiger partial charge is 0.394 e. The molecule has 3 aliphatic rings. The van der Waals surface area contributed by atoms with Gasteiger partial charge in [0.2, 0.25) is 11.8 Å². The second-order valence-corrected chi connectivity index (χ2v) is 12.0. The molecule has 0 spiro atoms. The lowest BCUT2D eigenvalue weighted by molar-refractivity contribution is -0.139. The fraction of sp³-hybridized carbons (Fsp3) is 0.444. The summed E-state index contributed by atoms with van der Waals surface area (Å²) < 4.78 is 17.9. The molecule has 3 aliphatic heterocycles. The van der Waals surface area contributed by atoms with Crippen LogP contribution in [0.1, 0.15) is 54.5 Å². The number of aliphatic hydroxyl groups excluding tert-OH is 1. The van der Waals surface area contributed by atoms with Crippen molar-refractivity contribution in [3.05, 3.63) is 46.2 Å². The predicted molar refractivity (Wildman–Crippen MR) is 142 cm³/mol. The third kappa shape index (κ3) is 4.12. The maximum Gasteiger partial charge on any atom is 0.230 e. The molecular formula is C27H28ClFN4O3S. The van der Waals surface area contributed by atoms with Crippen molar-refractivity contribution in [2.75, 3.05) is 25.0 Å². The van der Waals surface area contributed by atoms with Gasteiger partial charge in [-0.3, -0.25) is 19.5 Å². The Hall–Kier alpha value is -2.59. The number of fused-ring (bicyclic) bond motifs is 2. The van der Waals surface area contributed by atoms with Gasteiger partial charge in [-0.2, -0.15) is 0 Å². The second kappa shape index (κ2) is 9.31. The van der Waals surface area contributed by atoms with Crippen molar-refractivity contribution >= 4 is 50.8 Å². The lowest BCUT2D eigenvalue weighted by Gasteiger charge is -2.27. The van der Waals surface area contributed by atoms with Gasteiger partial charge in [-0.15, -0.1) is 11.3 Å². The number of aliphatic hydroxyl groups is 1. The van der Waals surface area contributed by atoms with Gasteiger partial charge >= 0.3 is 0 Å². The average Bonchev–Trinajstić information content (AvgIpc) is 3.52. The van der Waals surface area contributed by atoms with Crippen LogP contribution in [0.4, 0.5) is 10.1 Å². The first-order valence-corrected chi connectivity index (χ1v) is 13.8. The van der Waals surface area contributed by atoms with E-state index in [9.17, 15) is 14.7 Å². The van der Waals surface area contributed by atoms with Crippen molar-refractivity contribution in [3.63, 3.8) is 0 Å². The molecule has 37 heavy (non-hydrogen) atoms. The minimum Gasteiger partial charge on any atom is -0.394 e. The molecule has 3 aromatic rings. The summed E-state index contributed by atoms with van der Waals surface area (Å²) in [6.07, 6.45) is 4.67. The van der Waals surface area contributed by atoms with Crippen LogP contribution in [0.5, 0.6) is 0 Å². The molecule has 7 nitrogen and oxygen atoms in total. The molecule has 194 valence electrons. The first kappa shape index (κ1) is 24.7. The van der Waals surface area contributed by atoms with E-state index in [1.165, 1.54) is 16.9 Å². The van der Waals surface area contributed by atoms with Gasteiger partial charge in [-0.05, 0) is 67.1 Å². The highest BCUT2D eigenvalue weighted by Gasteiger charge is 2.42. The summed E-state index contributed by atoms with van der Waals surface area (Å²) in [5.74, 6) is -0.845. The van der Waals surface area contributed by atoms with E-state index in [0.29, 0.717) is 16.1 Å². The molecule has 2 N–H and O–H groups in total. The van der Waals surface area contributed by atoms with E-state index >= 15 is 4.39 Å². The van der Waals surface area contributed by atoms with Gasteiger partial charge < -0.3 is 10.4 Å². The van der Waals surface area contributed by atoms with E-state index in [1.807, 2.05) is 13.0 Å². The summed E-state index contributed by atoms with van der Waals surface area (Å²) in [4.78, 5) is 30.1. The summed E-state index contributed by atoms with van der Waals surface area (Å²) in [6.45, 7) is 3.38. The monoisotopic (exact) mass is 542 g/mol. The lowest BCUT2D eigenvalue weighted by atomic mass is 9.85. The number of aromatic nitrogens is 1. The summed E-state index contributed by atoms with van der Waals surface area (Å²) >= 11 is 7.77. The molecule has 0 aliphatic carbocycles. The SMILES string of the molecule is C[C@]1(CO)C[C@@H](c2cc3c(c(-c4ccnc5c(F)c(CN6C(=O)CCC6=O)sc45)c2)NCCC3)CN1Cl. The molecule has 6 rings (SSSR count). The van der Waals surface area contributed by atoms with Crippen LogP contribution < -0.4 is 5.32 Å². The van der Waals surface area contributed by atoms with Gasteiger partial charge in [0.05, 0.1) is 28.3 Å². The Bertz CT molecular complexity index is 1410. The molecule has 5 heterocycles. The predicted octanol–water partition coefficient (Wildman–Crippen LogP) is 4.80. The van der Waals surface area contributed by atoms with Crippen LogP contribution in [0.25, 0.3) is 21.3 Å². The third-order valence-corrected chi connectivity index (χ3v) is 9.68. The Morgan fingerprint density at radius 1 is 1.24 bits per heavy atom. The maximum atomic E-state index is 15.5. The van der Waals surface area contributed by atoms with E-state index in [2.05, 4.69) is 22.4 Å². The molecule has 10 heteroatoms. The third-order valence-electron chi connectivity index (χ3n) is 7.96. The van der Waals surface area contributed by atoms with Crippen molar-refractivity contribution in [1.82, 2.24) is 14.3 Å². The lowest BCUT2D eigenvalue weighted by Crippen LogP contribution is -2.38. The van der Waals surface area contributed by atoms with E-state index < -0.39 is 11.4 Å². The van der Waals surface area contributed by atoms with Crippen LogP contribution in [-0.2, 0) is 22.6 Å². The molecular weight excluding hydrogens is 515 g/mol. The number of hydrogen-bond donors (Lipinski definition) is 2. The fourth-order valence-electron chi connectivity index (χ4n) is 5.81. The van der Waals surface area contributed by atoms with E-state index in [-0.39, 0.29) is 49.2 Å². The van der Waals surface area contributed by atoms with Crippen LogP contribution in [0, 0.1) is 5.82 Å². The van der Waals surface area contributed by atoms with Gasteiger partial charge in [-0.25, -0.2) is 8.81 Å². The molecule has 0 radical (unpaired) electrons. The molecule has 0 unspecified atom stereocenters. The zero-order valence-electron chi connectivity index (χ0n) is 20.5. The van der Waals surface area contributed by atoms with Crippen LogP contribution in [0.15, 0.2) is 24.4 Å². The highest BCUT2D eigenvalue weighted by atomic mass is 35.5. The number of nitrogens with one attached hydrogen (secondary N) is 1. The van der Waals surface area contributed by atoms with Crippen LogP contribution >= 0.6 is 23.1 Å². The van der Waals surface area contributed by atoms with Crippen LogP contribution in [0.3, 0.4) is 0 Å². The van der Waals surface area contributed by atoms with Crippen molar-refractivity contribution in [2.24, 2.45) is 0 Å². The van der Waals surface area contributed by atoms with Crippen LogP contribution in [-0.4, -0.2) is 56.5 Å². The van der Waals surface area contributed by atoms with Gasteiger partial charge in [-0.1, -0.05) is 6.07 Å². The fourth-order valence-corrected chi connectivity index (χ4v) is 7.25. The normalized spacial score (nSPS) is 24.2. The number of nitrogens with zero attached hydrogens (tertiary/aromatic N) is 3. The highest BCUT2D eigenvalue weighted by molar-refractivity contribution is 7.19.